The van der Waals surface area contributed by atoms with Gasteiger partial charge in [-0.2, -0.15) is 4.68 Å². The number of hydrogen-bond acceptors (Lipinski definition) is 12. The minimum atomic E-state index is -1.71. The third-order valence-electron chi connectivity index (χ3n) is 6.69. The molecule has 0 amide bonds. The van der Waals surface area contributed by atoms with Crippen LogP contribution in [0.5, 0.6) is 11.6 Å². The molecule has 1 saturated heterocycles. The van der Waals surface area contributed by atoms with E-state index in [1.165, 1.54) is 0 Å². The molecule has 0 radical (unpaired) electrons. The van der Waals surface area contributed by atoms with E-state index in [4.69, 9.17) is 23.7 Å². The number of carbonyl (C=O) groups excluding carboxylic acids is 2. The Balaban J connectivity index is 1.60. The Morgan fingerprint density at radius 3 is 2.30 bits per heavy atom. The van der Waals surface area contributed by atoms with Crippen molar-refractivity contribution in [2.75, 3.05) is 13.7 Å². The molecule has 1 aliphatic rings. The first-order valence-corrected chi connectivity index (χ1v) is 13.7. The molecule has 13 heteroatoms. The number of aliphatic hydroxyl groups excluding tert-OH is 3. The maximum Gasteiger partial charge on any atom is 0.508 e. The van der Waals surface area contributed by atoms with E-state index in [9.17, 15) is 24.9 Å². The molecule has 2 aromatic carbocycles. The quantitative estimate of drug-likeness (QED) is 0.292. The summed E-state index contributed by atoms with van der Waals surface area (Å²) in [5.74, 6) is 0.621. The van der Waals surface area contributed by atoms with Crippen LogP contribution in [0.15, 0.2) is 54.6 Å². The molecule has 1 aromatic heterocycles. The summed E-state index contributed by atoms with van der Waals surface area (Å²) >= 11 is 0. The van der Waals surface area contributed by atoms with Crippen molar-refractivity contribution < 1.29 is 53.3 Å². The van der Waals surface area contributed by atoms with Gasteiger partial charge in [-0.1, -0.05) is 42.5 Å². The molecule has 1 fully saturated rings. The van der Waals surface area contributed by atoms with E-state index in [0.29, 0.717) is 17.0 Å². The molecule has 0 saturated carbocycles. The van der Waals surface area contributed by atoms with E-state index in [1.54, 1.807) is 6.92 Å². The lowest BCUT2D eigenvalue weighted by atomic mass is 9.99. The fourth-order valence-electron chi connectivity index (χ4n) is 4.40. The number of nitrogens with zero attached hydrogens (tertiary/aromatic N) is 2. The Morgan fingerprint density at radius 1 is 0.953 bits per heavy atom. The normalized spacial score (nSPS) is 21.7. The van der Waals surface area contributed by atoms with E-state index in [1.807, 2.05) is 68.4 Å². The van der Waals surface area contributed by atoms with Crippen LogP contribution in [0.4, 0.5) is 9.59 Å². The summed E-state index contributed by atoms with van der Waals surface area (Å²) in [6.07, 6.45) is -9.35. The highest BCUT2D eigenvalue weighted by Gasteiger charge is 2.46. The second-order valence-electron chi connectivity index (χ2n) is 10.2. The highest BCUT2D eigenvalue weighted by atomic mass is 16.7. The van der Waals surface area contributed by atoms with Gasteiger partial charge in [0.2, 0.25) is 12.2 Å². The van der Waals surface area contributed by atoms with Crippen LogP contribution in [0, 0.1) is 6.92 Å². The summed E-state index contributed by atoms with van der Waals surface area (Å²) in [6, 6.07) is 16.5. The summed E-state index contributed by atoms with van der Waals surface area (Å²) in [4.78, 5) is 24.5. The molecule has 232 valence electrons. The van der Waals surface area contributed by atoms with Gasteiger partial charge in [0.05, 0.1) is 18.9 Å². The molecule has 43 heavy (non-hydrogen) atoms. The molecule has 2 heterocycles. The number of rotatable bonds is 10. The minimum absolute atomic E-state index is 0.00543. The third kappa shape index (κ3) is 8.02. The maximum absolute atomic E-state index is 13.1. The fraction of sp³-hybridized carbons (Fsp3) is 0.433. The van der Waals surface area contributed by atoms with Gasteiger partial charge in [-0.05, 0) is 44.0 Å². The Hall–Kier alpha value is -4.17. The molecule has 13 nitrogen and oxygen atoms in total. The molecular weight excluding hydrogens is 564 g/mol. The summed E-state index contributed by atoms with van der Waals surface area (Å²) in [5, 5.41) is 35.8. The predicted octanol–water partition coefficient (Wildman–Crippen LogP) is 2.72. The van der Waals surface area contributed by atoms with Gasteiger partial charge in [0.1, 0.15) is 43.4 Å². The number of ether oxygens (including phenoxy) is 6. The lowest BCUT2D eigenvalue weighted by Crippen LogP contribution is -2.60. The van der Waals surface area contributed by atoms with Gasteiger partial charge in [-0.3, -0.25) is 0 Å². The standard InChI is InChI=1S/C30H36N2O11/c1-17(2)41-21-12-10-19(11-13-21)14-22-18(3)32(29(36)39-15-20-8-6-5-7-9-20)31-27(22)43-28-26(35)25(34)24(33)23(42-28)16-40-30(37)38-4/h5-13,17,23-26,28,33-35H,14-16H2,1-4H3/t23-,24-,25+,26-,28?/m1/s1. The predicted molar refractivity (Wildman–Crippen MR) is 150 cm³/mol. The molecule has 0 spiro atoms. The zero-order chi connectivity index (χ0) is 31.1. The molecule has 3 aromatic rings. The Morgan fingerprint density at radius 2 is 1.65 bits per heavy atom. The van der Waals surface area contributed by atoms with E-state index >= 15 is 0 Å². The lowest BCUT2D eigenvalue weighted by molar-refractivity contribution is -0.278. The first-order valence-electron chi connectivity index (χ1n) is 13.7. The van der Waals surface area contributed by atoms with E-state index < -0.39 is 49.6 Å². The number of aliphatic hydroxyl groups is 3. The van der Waals surface area contributed by atoms with Gasteiger partial charge in [-0.25, -0.2) is 9.59 Å². The lowest BCUT2D eigenvalue weighted by Gasteiger charge is -2.39. The van der Waals surface area contributed by atoms with Gasteiger partial charge >= 0.3 is 12.2 Å². The number of methoxy groups -OCH3 is 1. The highest BCUT2D eigenvalue weighted by Crippen LogP contribution is 2.30. The first kappa shape index (κ1) is 31.8. The van der Waals surface area contributed by atoms with Crippen LogP contribution in [0.1, 0.15) is 36.2 Å². The van der Waals surface area contributed by atoms with E-state index in [2.05, 4.69) is 9.84 Å². The van der Waals surface area contributed by atoms with Crippen LogP contribution >= 0.6 is 0 Å². The van der Waals surface area contributed by atoms with Gasteiger partial charge < -0.3 is 43.7 Å². The fourth-order valence-corrected chi connectivity index (χ4v) is 4.40. The van der Waals surface area contributed by atoms with Crippen molar-refractivity contribution in [1.29, 1.82) is 0 Å². The second kappa shape index (κ2) is 14.3. The van der Waals surface area contributed by atoms with Crippen molar-refractivity contribution >= 4 is 12.2 Å². The van der Waals surface area contributed by atoms with Crippen LogP contribution < -0.4 is 9.47 Å². The monoisotopic (exact) mass is 600 g/mol. The smallest absolute Gasteiger partial charge is 0.491 e. The number of aromatic nitrogens is 2. The average Bonchev–Trinajstić information content (AvgIpc) is 3.30. The van der Waals surface area contributed by atoms with Crippen LogP contribution in [-0.4, -0.2) is 87.9 Å². The molecule has 1 unspecified atom stereocenters. The van der Waals surface area contributed by atoms with Crippen molar-refractivity contribution in [3.05, 3.63) is 77.0 Å². The summed E-state index contributed by atoms with van der Waals surface area (Å²) in [6.45, 7) is 5.04. The van der Waals surface area contributed by atoms with Crippen molar-refractivity contribution in [3.8, 4) is 11.6 Å². The van der Waals surface area contributed by atoms with Crippen molar-refractivity contribution in [1.82, 2.24) is 9.78 Å². The van der Waals surface area contributed by atoms with Crippen LogP contribution in [-0.2, 0) is 32.0 Å². The van der Waals surface area contributed by atoms with Gasteiger partial charge in [0, 0.05) is 12.0 Å². The van der Waals surface area contributed by atoms with E-state index in [-0.39, 0.29) is 25.0 Å². The topological polar surface area (TPSA) is 168 Å². The molecule has 3 N–H and O–H groups in total. The highest BCUT2D eigenvalue weighted by molar-refractivity contribution is 5.71. The van der Waals surface area contributed by atoms with Crippen LogP contribution in [0.25, 0.3) is 0 Å². The summed E-state index contributed by atoms with van der Waals surface area (Å²) in [5.41, 5.74) is 2.51. The summed E-state index contributed by atoms with van der Waals surface area (Å²) < 4.78 is 33.1. The molecule has 0 bridgehead atoms. The zero-order valence-corrected chi connectivity index (χ0v) is 24.3. The molecular formula is C30H36N2O11. The SMILES string of the molecule is COC(=O)OC[C@H]1OC(Oc2nn(C(=O)OCc3ccccc3)c(C)c2Cc2ccc(OC(C)C)cc2)[C@H](O)[C@@H](O)[C@@H]1O. The van der Waals surface area contributed by atoms with Crippen molar-refractivity contribution in [3.63, 3.8) is 0 Å². The van der Waals surface area contributed by atoms with Crippen molar-refractivity contribution in [2.45, 2.75) is 70.6 Å². The minimum Gasteiger partial charge on any atom is -0.491 e. The number of benzene rings is 2. The zero-order valence-electron chi connectivity index (χ0n) is 24.3. The van der Waals surface area contributed by atoms with Crippen LogP contribution in [0.3, 0.4) is 0 Å². The Labute approximate surface area is 248 Å². The summed E-state index contributed by atoms with van der Waals surface area (Å²) in [7, 11) is 1.11. The van der Waals surface area contributed by atoms with Crippen molar-refractivity contribution in [2.24, 2.45) is 0 Å². The molecule has 1 aliphatic heterocycles. The average molecular weight is 601 g/mol. The van der Waals surface area contributed by atoms with Gasteiger partial charge in [-0.15, -0.1) is 5.10 Å². The molecule has 5 atom stereocenters. The van der Waals surface area contributed by atoms with Gasteiger partial charge in [0.15, 0.2) is 0 Å². The van der Waals surface area contributed by atoms with Crippen LogP contribution in [0.2, 0.25) is 0 Å². The van der Waals surface area contributed by atoms with Gasteiger partial charge in [0.25, 0.3) is 0 Å². The number of carbonyl (C=O) groups is 2. The Bertz CT molecular complexity index is 1360. The third-order valence-corrected chi connectivity index (χ3v) is 6.69. The largest absolute Gasteiger partial charge is 0.508 e. The number of hydrogen-bond donors (Lipinski definition) is 3. The van der Waals surface area contributed by atoms with E-state index in [0.717, 1.165) is 22.9 Å². The first-order chi connectivity index (χ1) is 20.6. The molecule has 0 aliphatic carbocycles. The Kier molecular flexibility index (Phi) is 10.6. The molecule has 4 rings (SSSR count). The second-order valence-corrected chi connectivity index (χ2v) is 10.2. The maximum atomic E-state index is 13.1.